The third kappa shape index (κ3) is 3.52. The number of ether oxygens (including phenoxy) is 1. The molecule has 32 heavy (non-hydrogen) atoms. The number of carbonyl (C=O) groups is 1. The molecule has 2 heterocycles. The van der Waals surface area contributed by atoms with Crippen LogP contribution in [0.25, 0.3) is 10.9 Å². The van der Waals surface area contributed by atoms with Gasteiger partial charge < -0.3 is 19.7 Å². The summed E-state index contributed by atoms with van der Waals surface area (Å²) in [5.74, 6) is 0.104. The van der Waals surface area contributed by atoms with E-state index in [1.54, 1.807) is 13.2 Å². The molecule has 0 aliphatic carbocycles. The Hall–Kier alpha value is -3.64. The number of aliphatic hydroxyl groups is 1. The van der Waals surface area contributed by atoms with Gasteiger partial charge in [-0.05, 0) is 53.1 Å². The maximum Gasteiger partial charge on any atom is 0.225 e. The number of methoxy groups -OCH3 is 1. The summed E-state index contributed by atoms with van der Waals surface area (Å²) in [6.07, 6.45) is 2.35. The first-order valence-electron chi connectivity index (χ1n) is 10.5. The van der Waals surface area contributed by atoms with Crippen LogP contribution in [0.4, 0.5) is 10.1 Å². The Labute approximate surface area is 185 Å². The van der Waals surface area contributed by atoms with Crippen molar-refractivity contribution < 1.29 is 19.0 Å². The first-order valence-corrected chi connectivity index (χ1v) is 10.5. The lowest BCUT2D eigenvalue weighted by Gasteiger charge is -2.17. The molecule has 1 amide bonds. The molecule has 1 aliphatic heterocycles. The van der Waals surface area contributed by atoms with Crippen LogP contribution < -0.4 is 10.1 Å². The van der Waals surface area contributed by atoms with E-state index < -0.39 is 0 Å². The lowest BCUT2D eigenvalue weighted by molar-refractivity contribution is -0.116. The Bertz CT molecular complexity index is 1330. The molecule has 0 spiro atoms. The summed E-state index contributed by atoms with van der Waals surface area (Å²) in [5.41, 5.74) is 5.26. The Morgan fingerprint density at radius 2 is 2.00 bits per heavy atom. The fourth-order valence-electron chi connectivity index (χ4n) is 4.65. The van der Waals surface area contributed by atoms with E-state index in [9.17, 15) is 14.3 Å². The zero-order chi connectivity index (χ0) is 22.2. The van der Waals surface area contributed by atoms with Gasteiger partial charge in [-0.1, -0.05) is 24.3 Å². The molecule has 6 heteroatoms. The fraction of sp³-hybridized carbons (Fsp3) is 0.192. The number of rotatable bonds is 5. The highest BCUT2D eigenvalue weighted by molar-refractivity contribution is 6.06. The third-order valence-corrected chi connectivity index (χ3v) is 6.09. The van der Waals surface area contributed by atoms with Crippen molar-refractivity contribution in [3.8, 4) is 5.75 Å². The molecule has 0 saturated heterocycles. The van der Waals surface area contributed by atoms with E-state index in [1.165, 1.54) is 12.1 Å². The number of aromatic nitrogens is 1. The Kier molecular flexibility index (Phi) is 5.15. The van der Waals surface area contributed by atoms with Gasteiger partial charge in [0, 0.05) is 36.0 Å². The maximum atomic E-state index is 13.8. The van der Waals surface area contributed by atoms with Crippen molar-refractivity contribution in [1.82, 2.24) is 4.57 Å². The van der Waals surface area contributed by atoms with Gasteiger partial charge >= 0.3 is 0 Å². The summed E-state index contributed by atoms with van der Waals surface area (Å²) in [6, 6.07) is 18.1. The summed E-state index contributed by atoms with van der Waals surface area (Å²) in [7, 11) is 1.57. The van der Waals surface area contributed by atoms with Crippen LogP contribution in [0, 0.1) is 5.82 Å². The monoisotopic (exact) mass is 430 g/mol. The van der Waals surface area contributed by atoms with Crippen LogP contribution >= 0.6 is 0 Å². The number of hydrogen-bond acceptors (Lipinski definition) is 3. The number of hydrogen-bond donors (Lipinski definition) is 2. The number of carbonyl (C=O) groups excluding carboxylic acids is 1. The normalized spacial score (nSPS) is 15.5. The number of anilines is 1. The molecule has 162 valence electrons. The highest BCUT2D eigenvalue weighted by Crippen LogP contribution is 2.41. The average Bonchev–Trinajstić information content (AvgIpc) is 3.08. The maximum absolute atomic E-state index is 13.8. The van der Waals surface area contributed by atoms with Crippen molar-refractivity contribution in [2.24, 2.45) is 0 Å². The van der Waals surface area contributed by atoms with Gasteiger partial charge in [0.25, 0.3) is 0 Å². The van der Waals surface area contributed by atoms with Crippen LogP contribution in [0.3, 0.4) is 0 Å². The number of halogens is 1. The SMILES string of the molecule is COc1ccc([C@@H]2CC(=O)Nc3cccc4c3c2cn4Cc2cccc(F)c2)cc1CO. The predicted molar refractivity (Wildman–Crippen MR) is 121 cm³/mol. The molecule has 5 rings (SSSR count). The van der Waals surface area contributed by atoms with Crippen LogP contribution in [0.2, 0.25) is 0 Å². The van der Waals surface area contributed by atoms with Gasteiger partial charge in [-0.15, -0.1) is 0 Å². The number of nitrogens with zero attached hydrogens (tertiary/aromatic N) is 1. The summed E-state index contributed by atoms with van der Waals surface area (Å²) < 4.78 is 21.2. The molecule has 1 atom stereocenters. The van der Waals surface area contributed by atoms with Crippen molar-refractivity contribution in [2.45, 2.75) is 25.5 Å². The number of benzene rings is 3. The lowest BCUT2D eigenvalue weighted by atomic mass is 9.87. The largest absolute Gasteiger partial charge is 0.496 e. The molecule has 4 aromatic rings. The summed E-state index contributed by atoms with van der Waals surface area (Å²) in [4.78, 5) is 12.7. The van der Waals surface area contributed by atoms with Crippen molar-refractivity contribution in [2.75, 3.05) is 12.4 Å². The average molecular weight is 430 g/mol. The smallest absolute Gasteiger partial charge is 0.225 e. The molecule has 0 unspecified atom stereocenters. The minimum absolute atomic E-state index is 0.0586. The standard InChI is InChI=1S/C26H23FN2O3/c1-32-24-9-8-17(11-18(24)15-30)20-12-25(31)28-22-6-3-7-23-26(22)21(20)14-29(23)13-16-4-2-5-19(27)10-16/h2-11,14,20,30H,12-13,15H2,1H3,(H,28,31)/t20-/m0/s1. The molecule has 0 radical (unpaired) electrons. The van der Waals surface area contributed by atoms with Crippen LogP contribution in [0.5, 0.6) is 5.75 Å². The van der Waals surface area contributed by atoms with E-state index in [0.717, 1.165) is 33.3 Å². The van der Waals surface area contributed by atoms with Crippen LogP contribution in [0.1, 0.15) is 34.6 Å². The Morgan fingerprint density at radius 1 is 1.16 bits per heavy atom. The molecule has 0 fully saturated rings. The van der Waals surface area contributed by atoms with Gasteiger partial charge in [-0.3, -0.25) is 4.79 Å². The van der Waals surface area contributed by atoms with Gasteiger partial charge in [-0.25, -0.2) is 4.39 Å². The van der Waals surface area contributed by atoms with Gasteiger partial charge in [-0.2, -0.15) is 0 Å². The van der Waals surface area contributed by atoms with Crippen molar-refractivity contribution in [1.29, 1.82) is 0 Å². The number of nitrogens with one attached hydrogen (secondary N) is 1. The summed E-state index contributed by atoms with van der Waals surface area (Å²) in [6.45, 7) is 0.366. The van der Waals surface area contributed by atoms with E-state index in [1.807, 2.05) is 42.5 Å². The first kappa shape index (κ1) is 20.3. The van der Waals surface area contributed by atoms with Crippen LogP contribution in [0.15, 0.2) is 66.9 Å². The minimum Gasteiger partial charge on any atom is -0.496 e. The summed E-state index contributed by atoms with van der Waals surface area (Å²) >= 11 is 0. The highest BCUT2D eigenvalue weighted by Gasteiger charge is 2.28. The minimum atomic E-state index is -0.263. The molecule has 0 bridgehead atoms. The molecule has 3 aromatic carbocycles. The van der Waals surface area contributed by atoms with Crippen LogP contribution in [-0.2, 0) is 17.9 Å². The molecule has 2 N–H and O–H groups in total. The van der Waals surface area contributed by atoms with Gasteiger partial charge in [0.2, 0.25) is 5.91 Å². The van der Waals surface area contributed by atoms with E-state index in [2.05, 4.69) is 16.1 Å². The molecular weight excluding hydrogens is 407 g/mol. The number of aliphatic hydroxyl groups excluding tert-OH is 1. The van der Waals surface area contributed by atoms with Gasteiger partial charge in [0.1, 0.15) is 11.6 Å². The molecule has 0 saturated carbocycles. The van der Waals surface area contributed by atoms with Gasteiger partial charge in [0.15, 0.2) is 0 Å². The summed E-state index contributed by atoms with van der Waals surface area (Å²) in [5, 5.41) is 13.8. The topological polar surface area (TPSA) is 63.5 Å². The molecule has 1 aromatic heterocycles. The van der Waals surface area contributed by atoms with E-state index in [-0.39, 0.29) is 30.7 Å². The van der Waals surface area contributed by atoms with E-state index >= 15 is 0 Å². The first-order chi connectivity index (χ1) is 15.6. The fourth-order valence-corrected chi connectivity index (χ4v) is 4.65. The predicted octanol–water partition coefficient (Wildman–Crippen LogP) is 4.80. The van der Waals surface area contributed by atoms with E-state index in [0.29, 0.717) is 17.9 Å². The second-order valence-electron chi connectivity index (χ2n) is 8.08. The Balaban J connectivity index is 1.67. The third-order valence-electron chi connectivity index (χ3n) is 6.09. The zero-order valence-corrected chi connectivity index (χ0v) is 17.6. The van der Waals surface area contributed by atoms with Crippen molar-refractivity contribution >= 4 is 22.5 Å². The second-order valence-corrected chi connectivity index (χ2v) is 8.08. The van der Waals surface area contributed by atoms with E-state index in [4.69, 9.17) is 4.74 Å². The highest BCUT2D eigenvalue weighted by atomic mass is 19.1. The zero-order valence-electron chi connectivity index (χ0n) is 17.6. The van der Waals surface area contributed by atoms with Crippen LogP contribution in [-0.4, -0.2) is 22.7 Å². The molecular formula is C26H23FN2O3. The van der Waals surface area contributed by atoms with Crippen molar-refractivity contribution in [3.63, 3.8) is 0 Å². The number of amides is 1. The van der Waals surface area contributed by atoms with Gasteiger partial charge in [0.05, 0.1) is 24.9 Å². The Morgan fingerprint density at radius 3 is 2.78 bits per heavy atom. The second kappa shape index (κ2) is 8.13. The quantitative estimate of drug-likeness (QED) is 0.478. The molecule has 1 aliphatic rings. The lowest BCUT2D eigenvalue weighted by Crippen LogP contribution is -2.14. The molecule has 5 nitrogen and oxygen atoms in total. The van der Waals surface area contributed by atoms with Crippen molar-refractivity contribution in [3.05, 3.63) is 94.9 Å².